The van der Waals surface area contributed by atoms with Crippen molar-refractivity contribution in [1.29, 1.82) is 5.26 Å². The zero-order valence-electron chi connectivity index (χ0n) is 12.5. The number of carbonyl (C=O) groups excluding carboxylic acids is 1. The Balaban J connectivity index is 2.00. The largest absolute Gasteiger partial charge is 0.489 e. The summed E-state index contributed by atoms with van der Waals surface area (Å²) in [5, 5.41) is 19.4. The molecule has 0 aromatic heterocycles. The summed E-state index contributed by atoms with van der Waals surface area (Å²) >= 11 is 0. The van der Waals surface area contributed by atoms with Crippen molar-refractivity contribution in [1.82, 2.24) is 0 Å². The van der Waals surface area contributed by atoms with Crippen LogP contribution >= 0.6 is 0 Å². The lowest BCUT2D eigenvalue weighted by Crippen LogP contribution is -2.12. The summed E-state index contributed by atoms with van der Waals surface area (Å²) in [4.78, 5) is 21.1. The molecule has 2 N–H and O–H groups in total. The first-order valence-corrected chi connectivity index (χ1v) is 6.87. The number of carbonyl (C=O) groups is 1. The topological polar surface area (TPSA) is 119 Å². The summed E-state index contributed by atoms with van der Waals surface area (Å²) < 4.78 is 5.58. The van der Waals surface area contributed by atoms with Gasteiger partial charge in [0.2, 0.25) is 0 Å². The number of hydrogen-bond donors (Lipinski definition) is 1. The second kappa shape index (κ2) is 7.56. The molecule has 0 aliphatic heterocycles. The Morgan fingerprint density at radius 2 is 1.83 bits per heavy atom. The molecule has 0 spiro atoms. The minimum Gasteiger partial charge on any atom is -0.489 e. The predicted octanol–water partition coefficient (Wildman–Crippen LogP) is 2.57. The Morgan fingerprint density at radius 1 is 1.21 bits per heavy atom. The number of hydrogen-bond acceptors (Lipinski definition) is 5. The van der Waals surface area contributed by atoms with E-state index >= 15 is 0 Å². The van der Waals surface area contributed by atoms with Crippen LogP contribution < -0.4 is 10.5 Å². The number of benzene rings is 2. The fraction of sp³-hybridized carbons (Fsp3) is 0.0588. The van der Waals surface area contributed by atoms with E-state index in [1.165, 1.54) is 18.2 Å². The van der Waals surface area contributed by atoms with Gasteiger partial charge >= 0.3 is 0 Å². The maximum Gasteiger partial charge on any atom is 0.269 e. The number of ether oxygens (including phenoxy) is 1. The van der Waals surface area contributed by atoms with Crippen molar-refractivity contribution in [3.05, 3.63) is 75.3 Å². The lowest BCUT2D eigenvalue weighted by molar-refractivity contribution is -0.384. The highest BCUT2D eigenvalue weighted by atomic mass is 16.6. The first-order chi connectivity index (χ1) is 11.5. The molecular weight excluding hydrogens is 310 g/mol. The Labute approximate surface area is 137 Å². The SMILES string of the molecule is N#C/C(=C\c1ccc(OCc2ccc([N+](=O)[O-])cc2)cc1)C(N)=O. The van der Waals surface area contributed by atoms with Crippen molar-refractivity contribution >= 4 is 17.7 Å². The van der Waals surface area contributed by atoms with Gasteiger partial charge in [-0.2, -0.15) is 5.26 Å². The van der Waals surface area contributed by atoms with E-state index in [1.54, 1.807) is 42.5 Å². The van der Waals surface area contributed by atoms with Gasteiger partial charge in [0.15, 0.2) is 0 Å². The zero-order chi connectivity index (χ0) is 17.5. The average Bonchev–Trinajstić information content (AvgIpc) is 2.59. The fourth-order valence-electron chi connectivity index (χ4n) is 1.87. The van der Waals surface area contributed by atoms with Gasteiger partial charge in [0.05, 0.1) is 4.92 Å². The van der Waals surface area contributed by atoms with Crippen LogP contribution in [0, 0.1) is 21.4 Å². The molecule has 24 heavy (non-hydrogen) atoms. The van der Waals surface area contributed by atoms with Crippen molar-refractivity contribution in [2.75, 3.05) is 0 Å². The first-order valence-electron chi connectivity index (χ1n) is 6.87. The first kappa shape index (κ1) is 16.7. The average molecular weight is 323 g/mol. The Kier molecular flexibility index (Phi) is 5.26. The molecule has 120 valence electrons. The summed E-state index contributed by atoms with van der Waals surface area (Å²) in [6.45, 7) is 0.262. The van der Waals surface area contributed by atoms with E-state index < -0.39 is 10.8 Å². The van der Waals surface area contributed by atoms with Crippen LogP contribution in [0.4, 0.5) is 5.69 Å². The van der Waals surface area contributed by atoms with Crippen molar-refractivity contribution in [3.63, 3.8) is 0 Å². The van der Waals surface area contributed by atoms with Crippen LogP contribution in [0.5, 0.6) is 5.75 Å². The molecule has 0 radical (unpaired) electrons. The van der Waals surface area contributed by atoms with Crippen molar-refractivity contribution < 1.29 is 14.5 Å². The van der Waals surface area contributed by atoms with E-state index in [0.717, 1.165) is 5.56 Å². The van der Waals surface area contributed by atoms with Crippen LogP contribution in [0.15, 0.2) is 54.1 Å². The van der Waals surface area contributed by atoms with Gasteiger partial charge in [0.25, 0.3) is 11.6 Å². The van der Waals surface area contributed by atoms with Crippen LogP contribution in [0.1, 0.15) is 11.1 Å². The maximum atomic E-state index is 11.0. The number of nitrogens with two attached hydrogens (primary N) is 1. The molecule has 1 amide bonds. The number of primary amides is 1. The number of amides is 1. The lowest BCUT2D eigenvalue weighted by Gasteiger charge is -2.06. The van der Waals surface area contributed by atoms with Gasteiger partial charge in [-0.1, -0.05) is 12.1 Å². The van der Waals surface area contributed by atoms with Crippen LogP contribution in [0.3, 0.4) is 0 Å². The number of nitriles is 1. The highest BCUT2D eigenvalue weighted by molar-refractivity contribution is 6.00. The number of non-ortho nitro benzene ring substituents is 1. The van der Waals surface area contributed by atoms with E-state index in [2.05, 4.69) is 0 Å². The van der Waals surface area contributed by atoms with E-state index in [1.807, 2.05) is 0 Å². The molecule has 0 heterocycles. The van der Waals surface area contributed by atoms with Crippen LogP contribution in [-0.4, -0.2) is 10.8 Å². The molecule has 0 aliphatic rings. The normalized spacial score (nSPS) is 10.7. The Hall–Kier alpha value is -3.66. The van der Waals surface area contributed by atoms with Gasteiger partial charge < -0.3 is 10.5 Å². The number of nitrogens with zero attached hydrogens (tertiary/aromatic N) is 2. The molecule has 0 aliphatic carbocycles. The molecule has 2 rings (SSSR count). The van der Waals surface area contributed by atoms with Crippen LogP contribution in [0.2, 0.25) is 0 Å². The highest BCUT2D eigenvalue weighted by Crippen LogP contribution is 2.17. The lowest BCUT2D eigenvalue weighted by atomic mass is 10.1. The smallest absolute Gasteiger partial charge is 0.269 e. The molecule has 7 heteroatoms. The van der Waals surface area contributed by atoms with Crippen molar-refractivity contribution in [2.24, 2.45) is 5.73 Å². The van der Waals surface area contributed by atoms with Gasteiger partial charge in [-0.15, -0.1) is 0 Å². The second-order valence-corrected chi connectivity index (χ2v) is 4.82. The van der Waals surface area contributed by atoms with E-state index in [9.17, 15) is 14.9 Å². The van der Waals surface area contributed by atoms with Crippen molar-refractivity contribution in [3.8, 4) is 11.8 Å². The molecular formula is C17H13N3O4. The highest BCUT2D eigenvalue weighted by Gasteiger charge is 2.05. The molecule has 0 atom stereocenters. The van der Waals surface area contributed by atoms with E-state index in [4.69, 9.17) is 15.7 Å². The molecule has 0 saturated heterocycles. The molecule has 0 fully saturated rings. The van der Waals surface area contributed by atoms with E-state index in [0.29, 0.717) is 11.3 Å². The number of nitro groups is 1. The summed E-state index contributed by atoms with van der Waals surface area (Å²) in [7, 11) is 0. The molecule has 0 saturated carbocycles. The van der Waals surface area contributed by atoms with Gasteiger partial charge in [0.1, 0.15) is 24.0 Å². The molecule has 2 aromatic carbocycles. The monoisotopic (exact) mass is 323 g/mol. The minimum atomic E-state index is -0.781. The standard InChI is InChI=1S/C17H13N3O4/c18-10-14(17(19)21)9-12-3-7-16(8-4-12)24-11-13-1-5-15(6-2-13)20(22)23/h1-9H,11H2,(H2,19,21)/b14-9+. The van der Waals surface area contributed by atoms with Gasteiger partial charge in [0, 0.05) is 12.1 Å². The summed E-state index contributed by atoms with van der Waals surface area (Å²) in [6.07, 6.45) is 1.39. The number of nitro benzene ring substituents is 1. The third-order valence-electron chi connectivity index (χ3n) is 3.13. The molecule has 0 unspecified atom stereocenters. The van der Waals surface area contributed by atoms with Crippen LogP contribution in [0.25, 0.3) is 6.08 Å². The Bertz CT molecular complexity index is 818. The molecule has 2 aromatic rings. The quantitative estimate of drug-likeness (QED) is 0.379. The maximum absolute atomic E-state index is 11.0. The van der Waals surface area contributed by atoms with Gasteiger partial charge in [-0.3, -0.25) is 14.9 Å². The van der Waals surface area contributed by atoms with Gasteiger partial charge in [-0.25, -0.2) is 0 Å². The zero-order valence-corrected chi connectivity index (χ0v) is 12.5. The summed E-state index contributed by atoms with van der Waals surface area (Å²) in [6, 6.07) is 14.6. The fourth-order valence-corrected chi connectivity index (χ4v) is 1.87. The third kappa shape index (κ3) is 4.42. The molecule has 0 bridgehead atoms. The molecule has 7 nitrogen and oxygen atoms in total. The number of rotatable bonds is 6. The summed E-state index contributed by atoms with van der Waals surface area (Å²) in [5.74, 6) is -0.195. The predicted molar refractivity (Wildman–Crippen MR) is 86.7 cm³/mol. The summed E-state index contributed by atoms with van der Waals surface area (Å²) in [5.41, 5.74) is 6.41. The van der Waals surface area contributed by atoms with E-state index in [-0.39, 0.29) is 17.9 Å². The Morgan fingerprint density at radius 3 is 2.33 bits per heavy atom. The van der Waals surface area contributed by atoms with Crippen molar-refractivity contribution in [2.45, 2.75) is 6.61 Å². The van der Waals surface area contributed by atoms with Gasteiger partial charge in [-0.05, 0) is 41.5 Å². The minimum absolute atomic E-state index is 0.0256. The third-order valence-corrected chi connectivity index (χ3v) is 3.13. The van der Waals surface area contributed by atoms with Crippen LogP contribution in [-0.2, 0) is 11.4 Å². The second-order valence-electron chi connectivity index (χ2n) is 4.82.